The first-order chi connectivity index (χ1) is 17.6. The molecule has 4 aromatic rings. The predicted octanol–water partition coefficient (Wildman–Crippen LogP) is 5.43. The van der Waals surface area contributed by atoms with E-state index < -0.39 is 6.10 Å². The molecule has 2 atom stereocenters. The number of ketones is 1. The maximum Gasteiger partial charge on any atom is 0.161 e. The number of hydrogen-bond acceptors (Lipinski definition) is 7. The number of benzene rings is 2. The molecule has 6 rings (SSSR count). The number of rotatable bonds is 8. The summed E-state index contributed by atoms with van der Waals surface area (Å²) in [5.74, 6) is 1.24. The van der Waals surface area contributed by atoms with Gasteiger partial charge in [-0.15, -0.1) is 11.3 Å². The minimum atomic E-state index is -0.926. The molecule has 0 saturated carbocycles. The fourth-order valence-electron chi connectivity index (χ4n) is 5.30. The molecule has 2 aliphatic rings. The van der Waals surface area contributed by atoms with E-state index in [1.165, 1.54) is 16.0 Å². The highest BCUT2D eigenvalue weighted by Gasteiger charge is 2.26. The molecule has 0 saturated heterocycles. The van der Waals surface area contributed by atoms with Crippen LogP contribution in [0.25, 0.3) is 10.2 Å². The smallest absolute Gasteiger partial charge is 0.161 e. The van der Waals surface area contributed by atoms with E-state index >= 15 is 0 Å². The van der Waals surface area contributed by atoms with Gasteiger partial charge in [-0.3, -0.25) is 9.79 Å². The van der Waals surface area contributed by atoms with Crippen LogP contribution in [0.15, 0.2) is 59.9 Å². The van der Waals surface area contributed by atoms with Crippen LogP contribution >= 0.6 is 11.3 Å². The van der Waals surface area contributed by atoms with E-state index in [1.807, 2.05) is 36.5 Å². The van der Waals surface area contributed by atoms with E-state index in [1.54, 1.807) is 17.7 Å². The number of nitrogens with zero attached hydrogens (tertiary/aromatic N) is 3. The Balaban J connectivity index is 1.13. The van der Waals surface area contributed by atoms with E-state index in [9.17, 15) is 9.90 Å². The van der Waals surface area contributed by atoms with Gasteiger partial charge in [0.05, 0.1) is 11.9 Å². The van der Waals surface area contributed by atoms with Crippen LogP contribution in [0.5, 0.6) is 0 Å². The van der Waals surface area contributed by atoms with Gasteiger partial charge in [-0.05, 0) is 66.0 Å². The van der Waals surface area contributed by atoms with Gasteiger partial charge < -0.3 is 10.4 Å². The molecule has 0 radical (unpaired) electrons. The largest absolute Gasteiger partial charge is 0.385 e. The molecule has 1 aliphatic heterocycles. The zero-order valence-corrected chi connectivity index (χ0v) is 20.8. The number of fused-ring (bicyclic) bond motifs is 4. The standard InChI is InChI=1S/C29H28N4O2S/c34-24(25(35)12-18-4-2-1-3-5-18)11-7-19-6-10-23-26(13-19)36-29-27(23)28(31-17-32-29)33-22-9-8-20-15-30-16-21(20)14-22/h1-5,8-9,14,16-17,19,25,35H,6-7,10-13,15H2,(H,31,32,33)/t19?,25-/m0/s1. The van der Waals surface area contributed by atoms with Crippen molar-refractivity contribution in [3.05, 3.63) is 82.0 Å². The molecule has 7 heteroatoms. The SMILES string of the molecule is O=C(CCC1CCc2c(sc3ncnc(Nc4ccc5c(c4)C=NC5)c23)C1)[C@@H](O)Cc1ccccc1. The number of nitrogens with one attached hydrogen (secondary N) is 1. The summed E-state index contributed by atoms with van der Waals surface area (Å²) in [6.07, 6.45) is 7.19. The second-order valence-electron chi connectivity index (χ2n) is 9.73. The topological polar surface area (TPSA) is 87.5 Å². The van der Waals surface area contributed by atoms with Crippen LogP contribution in [0.3, 0.4) is 0 Å². The summed E-state index contributed by atoms with van der Waals surface area (Å²) in [5.41, 5.74) is 5.74. The minimum Gasteiger partial charge on any atom is -0.385 e. The number of aryl methyl sites for hydroxylation is 1. The van der Waals surface area contributed by atoms with Crippen LogP contribution in [0.2, 0.25) is 0 Å². The van der Waals surface area contributed by atoms with Crippen molar-refractivity contribution in [3.63, 3.8) is 0 Å². The highest BCUT2D eigenvalue weighted by atomic mass is 32.1. The number of anilines is 2. The Hall–Kier alpha value is -3.42. The monoisotopic (exact) mass is 496 g/mol. The summed E-state index contributed by atoms with van der Waals surface area (Å²) >= 11 is 1.74. The number of carbonyl (C=O) groups is 1. The zero-order valence-electron chi connectivity index (χ0n) is 20.0. The molecule has 2 aromatic carbocycles. The number of hydrogen-bond donors (Lipinski definition) is 2. The summed E-state index contributed by atoms with van der Waals surface area (Å²) in [4.78, 5) is 28.4. The first-order valence-electron chi connectivity index (χ1n) is 12.5. The lowest BCUT2D eigenvalue weighted by atomic mass is 9.84. The van der Waals surface area contributed by atoms with Crippen LogP contribution in [0, 0.1) is 5.92 Å². The van der Waals surface area contributed by atoms with Gasteiger partial charge in [-0.2, -0.15) is 0 Å². The van der Waals surface area contributed by atoms with Crippen LogP contribution in [-0.4, -0.2) is 33.2 Å². The Kier molecular flexibility index (Phi) is 6.34. The Bertz CT molecular complexity index is 1450. The summed E-state index contributed by atoms with van der Waals surface area (Å²) in [5, 5.41) is 15.0. The minimum absolute atomic E-state index is 0.0577. The maximum atomic E-state index is 12.6. The molecule has 182 valence electrons. The van der Waals surface area contributed by atoms with Crippen molar-refractivity contribution in [2.75, 3.05) is 5.32 Å². The molecule has 3 heterocycles. The number of aliphatic imine (C=N–C) groups is 1. The Labute approximate surface area is 214 Å². The third-order valence-electron chi connectivity index (χ3n) is 7.29. The van der Waals surface area contributed by atoms with Gasteiger partial charge >= 0.3 is 0 Å². The first-order valence-corrected chi connectivity index (χ1v) is 13.4. The van der Waals surface area contributed by atoms with E-state index in [0.717, 1.165) is 65.1 Å². The Morgan fingerprint density at radius 2 is 2.06 bits per heavy atom. The molecule has 0 bridgehead atoms. The van der Waals surface area contributed by atoms with E-state index in [4.69, 9.17) is 0 Å². The van der Waals surface area contributed by atoms with E-state index in [-0.39, 0.29) is 5.78 Å². The van der Waals surface area contributed by atoms with Crippen LogP contribution < -0.4 is 5.32 Å². The fraction of sp³-hybridized carbons (Fsp3) is 0.310. The lowest BCUT2D eigenvalue weighted by Gasteiger charge is -2.22. The number of aliphatic hydroxyl groups is 1. The van der Waals surface area contributed by atoms with Gasteiger partial charge in [-0.1, -0.05) is 36.4 Å². The molecule has 36 heavy (non-hydrogen) atoms. The van der Waals surface area contributed by atoms with Crippen molar-refractivity contribution in [1.82, 2.24) is 9.97 Å². The molecular formula is C29H28N4O2S. The van der Waals surface area contributed by atoms with Gasteiger partial charge in [-0.25, -0.2) is 9.97 Å². The van der Waals surface area contributed by atoms with Crippen molar-refractivity contribution < 1.29 is 9.90 Å². The number of aromatic nitrogens is 2. The van der Waals surface area contributed by atoms with Gasteiger partial charge in [0, 0.05) is 29.6 Å². The van der Waals surface area contributed by atoms with Crippen LogP contribution in [0.1, 0.15) is 46.4 Å². The summed E-state index contributed by atoms with van der Waals surface area (Å²) < 4.78 is 0. The summed E-state index contributed by atoms with van der Waals surface area (Å²) in [6.45, 7) is 0.754. The third-order valence-corrected chi connectivity index (χ3v) is 8.45. The van der Waals surface area contributed by atoms with Gasteiger partial charge in [0.1, 0.15) is 23.1 Å². The maximum absolute atomic E-state index is 12.6. The van der Waals surface area contributed by atoms with Crippen LogP contribution in [-0.2, 0) is 30.6 Å². The zero-order chi connectivity index (χ0) is 24.5. The molecule has 2 aromatic heterocycles. The number of carbonyl (C=O) groups excluding carboxylic acids is 1. The van der Waals surface area contributed by atoms with Crippen molar-refractivity contribution in [3.8, 4) is 0 Å². The van der Waals surface area contributed by atoms with Crippen molar-refractivity contribution in [2.24, 2.45) is 10.9 Å². The van der Waals surface area contributed by atoms with Crippen molar-refractivity contribution in [1.29, 1.82) is 0 Å². The Morgan fingerprint density at radius 3 is 2.94 bits per heavy atom. The lowest BCUT2D eigenvalue weighted by molar-refractivity contribution is -0.127. The summed E-state index contributed by atoms with van der Waals surface area (Å²) in [7, 11) is 0. The molecule has 2 N–H and O–H groups in total. The predicted molar refractivity (Wildman–Crippen MR) is 144 cm³/mol. The highest BCUT2D eigenvalue weighted by molar-refractivity contribution is 7.19. The second kappa shape index (κ2) is 9.91. The average molecular weight is 497 g/mol. The molecular weight excluding hydrogens is 468 g/mol. The third kappa shape index (κ3) is 4.68. The average Bonchev–Trinajstić information content (AvgIpc) is 3.52. The molecule has 1 unspecified atom stereocenters. The molecule has 1 aliphatic carbocycles. The summed E-state index contributed by atoms with van der Waals surface area (Å²) in [6, 6.07) is 16.0. The van der Waals surface area contributed by atoms with Crippen molar-refractivity contribution in [2.45, 2.75) is 51.2 Å². The normalized spacial score (nSPS) is 17.1. The van der Waals surface area contributed by atoms with Gasteiger partial charge in [0.25, 0.3) is 0 Å². The molecule has 6 nitrogen and oxygen atoms in total. The quantitative estimate of drug-likeness (QED) is 0.340. The first kappa shape index (κ1) is 23.0. The molecule has 0 spiro atoms. The lowest BCUT2D eigenvalue weighted by Crippen LogP contribution is -2.24. The highest BCUT2D eigenvalue weighted by Crippen LogP contribution is 2.41. The fourth-order valence-corrected chi connectivity index (χ4v) is 6.60. The number of Topliss-reactive ketones (excluding diaryl/α,β-unsaturated/α-hetero) is 1. The second-order valence-corrected chi connectivity index (χ2v) is 10.8. The number of thiophene rings is 1. The van der Waals surface area contributed by atoms with Gasteiger partial charge in [0.15, 0.2) is 5.78 Å². The number of aliphatic hydroxyl groups excluding tert-OH is 1. The van der Waals surface area contributed by atoms with Gasteiger partial charge in [0.2, 0.25) is 0 Å². The Morgan fingerprint density at radius 1 is 1.17 bits per heavy atom. The van der Waals surface area contributed by atoms with E-state index in [0.29, 0.717) is 18.8 Å². The van der Waals surface area contributed by atoms with Crippen molar-refractivity contribution >= 4 is 45.1 Å². The molecule has 0 amide bonds. The van der Waals surface area contributed by atoms with Crippen LogP contribution in [0.4, 0.5) is 11.5 Å². The van der Waals surface area contributed by atoms with E-state index in [2.05, 4.69) is 38.5 Å². The molecule has 0 fully saturated rings.